The minimum Gasteiger partial charge on any atom is -0.495 e. The molecule has 0 bridgehead atoms. The van der Waals surface area contributed by atoms with Gasteiger partial charge in [-0.2, -0.15) is 0 Å². The SMILES string of the molecule is COc1ccc(NC(=O)NCCC(C)C)cc1N1CCCCS1(=O)=O. The van der Waals surface area contributed by atoms with Gasteiger partial charge >= 0.3 is 6.03 Å². The summed E-state index contributed by atoms with van der Waals surface area (Å²) in [6.45, 7) is 5.19. The van der Waals surface area contributed by atoms with Crippen LogP contribution in [0.15, 0.2) is 18.2 Å². The molecule has 0 saturated carbocycles. The van der Waals surface area contributed by atoms with Gasteiger partial charge < -0.3 is 15.4 Å². The fraction of sp³-hybridized carbons (Fsp3) is 0.588. The Hall–Kier alpha value is -1.96. The lowest BCUT2D eigenvalue weighted by atomic mass is 10.1. The van der Waals surface area contributed by atoms with Crippen LogP contribution in [-0.2, 0) is 10.0 Å². The molecule has 2 N–H and O–H groups in total. The topological polar surface area (TPSA) is 87.7 Å². The summed E-state index contributed by atoms with van der Waals surface area (Å²) >= 11 is 0. The Balaban J connectivity index is 2.15. The van der Waals surface area contributed by atoms with Crippen LogP contribution in [0.3, 0.4) is 0 Å². The molecule has 1 aromatic carbocycles. The van der Waals surface area contributed by atoms with E-state index < -0.39 is 10.0 Å². The fourth-order valence-electron chi connectivity index (χ4n) is 2.67. The monoisotopic (exact) mass is 369 g/mol. The highest BCUT2D eigenvalue weighted by Gasteiger charge is 2.28. The molecule has 1 aromatic rings. The zero-order chi connectivity index (χ0) is 18.4. The second-order valence-electron chi connectivity index (χ2n) is 6.55. The number of nitrogens with zero attached hydrogens (tertiary/aromatic N) is 1. The highest BCUT2D eigenvalue weighted by Crippen LogP contribution is 2.35. The van der Waals surface area contributed by atoms with Crippen molar-refractivity contribution in [3.63, 3.8) is 0 Å². The van der Waals surface area contributed by atoms with Gasteiger partial charge in [0.15, 0.2) is 0 Å². The summed E-state index contributed by atoms with van der Waals surface area (Å²) in [7, 11) is -1.85. The van der Waals surface area contributed by atoms with E-state index in [1.54, 1.807) is 18.2 Å². The van der Waals surface area contributed by atoms with E-state index in [0.29, 0.717) is 42.6 Å². The summed E-state index contributed by atoms with van der Waals surface area (Å²) in [4.78, 5) is 12.0. The smallest absolute Gasteiger partial charge is 0.319 e. The van der Waals surface area contributed by atoms with Crippen molar-refractivity contribution in [1.29, 1.82) is 0 Å². The van der Waals surface area contributed by atoms with Gasteiger partial charge in [0.25, 0.3) is 0 Å². The zero-order valence-corrected chi connectivity index (χ0v) is 15.9. The molecule has 0 aromatic heterocycles. The van der Waals surface area contributed by atoms with Crippen molar-refractivity contribution < 1.29 is 17.9 Å². The van der Waals surface area contributed by atoms with Crippen molar-refractivity contribution in [2.24, 2.45) is 5.92 Å². The van der Waals surface area contributed by atoms with Crippen molar-refractivity contribution in [3.8, 4) is 5.75 Å². The molecule has 140 valence electrons. The number of methoxy groups -OCH3 is 1. The van der Waals surface area contributed by atoms with Crippen LogP contribution in [0.4, 0.5) is 16.2 Å². The lowest BCUT2D eigenvalue weighted by Gasteiger charge is -2.29. The lowest BCUT2D eigenvalue weighted by molar-refractivity contribution is 0.251. The van der Waals surface area contributed by atoms with Crippen LogP contribution in [0.2, 0.25) is 0 Å². The summed E-state index contributed by atoms with van der Waals surface area (Å²) in [6.07, 6.45) is 2.36. The van der Waals surface area contributed by atoms with Crippen LogP contribution >= 0.6 is 0 Å². The van der Waals surface area contributed by atoms with Crippen LogP contribution in [0.5, 0.6) is 5.75 Å². The molecular formula is C17H27N3O4S. The van der Waals surface area contributed by atoms with Gasteiger partial charge in [0.1, 0.15) is 5.75 Å². The van der Waals surface area contributed by atoms with Gasteiger partial charge in [-0.25, -0.2) is 13.2 Å². The number of carbonyl (C=O) groups is 1. The molecule has 1 aliphatic heterocycles. The number of rotatable bonds is 6. The number of sulfonamides is 1. The van der Waals surface area contributed by atoms with Crippen molar-refractivity contribution >= 4 is 27.4 Å². The Morgan fingerprint density at radius 2 is 2.08 bits per heavy atom. The molecule has 1 saturated heterocycles. The fourth-order valence-corrected chi connectivity index (χ4v) is 4.31. The molecule has 1 fully saturated rings. The molecule has 8 heteroatoms. The highest BCUT2D eigenvalue weighted by atomic mass is 32.2. The van der Waals surface area contributed by atoms with Crippen LogP contribution in [0.25, 0.3) is 0 Å². The predicted octanol–water partition coefficient (Wildman–Crippen LogP) is 2.79. The quantitative estimate of drug-likeness (QED) is 0.807. The maximum Gasteiger partial charge on any atom is 0.319 e. The van der Waals surface area contributed by atoms with Gasteiger partial charge in [-0.1, -0.05) is 13.8 Å². The third-order valence-electron chi connectivity index (χ3n) is 4.06. The predicted molar refractivity (Wildman–Crippen MR) is 99.8 cm³/mol. The minimum atomic E-state index is -3.35. The molecule has 1 heterocycles. The number of ether oxygens (including phenoxy) is 1. The normalized spacial score (nSPS) is 16.6. The first-order chi connectivity index (χ1) is 11.8. The minimum absolute atomic E-state index is 0.128. The summed E-state index contributed by atoms with van der Waals surface area (Å²) in [6, 6.07) is 4.70. The third kappa shape index (κ3) is 5.26. The molecule has 0 radical (unpaired) electrons. The maximum atomic E-state index is 12.4. The largest absolute Gasteiger partial charge is 0.495 e. The van der Waals surface area contributed by atoms with E-state index in [1.807, 2.05) is 0 Å². The number of carbonyl (C=O) groups excluding carboxylic acids is 1. The molecule has 2 rings (SSSR count). The van der Waals surface area contributed by atoms with Crippen molar-refractivity contribution in [2.45, 2.75) is 33.1 Å². The zero-order valence-electron chi connectivity index (χ0n) is 15.0. The average Bonchev–Trinajstić information content (AvgIpc) is 2.54. The molecule has 25 heavy (non-hydrogen) atoms. The van der Waals surface area contributed by atoms with Crippen molar-refractivity contribution in [1.82, 2.24) is 5.32 Å². The molecule has 0 unspecified atom stereocenters. The van der Waals surface area contributed by atoms with Gasteiger partial charge in [0.05, 0.1) is 18.6 Å². The molecule has 1 aliphatic rings. The molecular weight excluding hydrogens is 342 g/mol. The van der Waals surface area contributed by atoms with E-state index in [9.17, 15) is 13.2 Å². The second-order valence-corrected chi connectivity index (χ2v) is 8.56. The number of urea groups is 1. The third-order valence-corrected chi connectivity index (χ3v) is 5.92. The van der Waals surface area contributed by atoms with E-state index in [2.05, 4.69) is 24.5 Å². The highest BCUT2D eigenvalue weighted by molar-refractivity contribution is 7.92. The number of hydrogen-bond acceptors (Lipinski definition) is 4. The Kier molecular flexibility index (Phi) is 6.52. The van der Waals surface area contributed by atoms with Crippen LogP contribution < -0.4 is 19.7 Å². The van der Waals surface area contributed by atoms with Crippen LogP contribution in [0, 0.1) is 5.92 Å². The Bertz CT molecular complexity index is 704. The van der Waals surface area contributed by atoms with Crippen LogP contribution in [-0.4, -0.2) is 40.4 Å². The number of amides is 2. The summed E-state index contributed by atoms with van der Waals surface area (Å²) in [5.41, 5.74) is 0.987. The summed E-state index contributed by atoms with van der Waals surface area (Å²) in [5.74, 6) is 1.11. The Labute approximate surface area is 149 Å². The van der Waals surface area contributed by atoms with E-state index in [1.165, 1.54) is 11.4 Å². The Morgan fingerprint density at radius 3 is 2.72 bits per heavy atom. The first-order valence-corrected chi connectivity index (χ1v) is 10.2. The second kappa shape index (κ2) is 8.42. The van der Waals surface area contributed by atoms with Gasteiger partial charge in [0, 0.05) is 18.8 Å². The molecule has 0 spiro atoms. The van der Waals surface area contributed by atoms with E-state index >= 15 is 0 Å². The summed E-state index contributed by atoms with van der Waals surface area (Å²) in [5, 5.41) is 5.54. The first-order valence-electron chi connectivity index (χ1n) is 8.57. The van der Waals surface area contributed by atoms with Crippen molar-refractivity contribution in [3.05, 3.63) is 18.2 Å². The van der Waals surface area contributed by atoms with Gasteiger partial charge in [-0.15, -0.1) is 0 Å². The van der Waals surface area contributed by atoms with Gasteiger partial charge in [-0.05, 0) is 43.4 Å². The molecule has 0 atom stereocenters. The van der Waals surface area contributed by atoms with Crippen LogP contribution in [0.1, 0.15) is 33.1 Å². The molecule has 2 amide bonds. The number of nitrogens with one attached hydrogen (secondary N) is 2. The average molecular weight is 369 g/mol. The number of benzene rings is 1. The van der Waals surface area contributed by atoms with Crippen molar-refractivity contribution in [2.75, 3.05) is 35.6 Å². The standard InChI is InChI=1S/C17H27N3O4S/c1-13(2)8-9-18-17(21)19-14-6-7-16(24-3)15(12-14)20-10-4-5-11-25(20,22)23/h6-7,12-13H,4-5,8-11H2,1-3H3,(H2,18,19,21). The van der Waals surface area contributed by atoms with E-state index in [-0.39, 0.29) is 11.8 Å². The van der Waals surface area contributed by atoms with E-state index in [4.69, 9.17) is 4.74 Å². The Morgan fingerprint density at radius 1 is 1.32 bits per heavy atom. The number of anilines is 2. The summed E-state index contributed by atoms with van der Waals surface area (Å²) < 4.78 is 31.4. The lowest BCUT2D eigenvalue weighted by Crippen LogP contribution is -2.38. The maximum absolute atomic E-state index is 12.4. The number of hydrogen-bond donors (Lipinski definition) is 2. The van der Waals surface area contributed by atoms with Gasteiger partial charge in [0.2, 0.25) is 10.0 Å². The molecule has 7 nitrogen and oxygen atoms in total. The molecule has 0 aliphatic carbocycles. The van der Waals surface area contributed by atoms with E-state index in [0.717, 1.165) is 12.8 Å². The first kappa shape index (κ1) is 19.4. The van der Waals surface area contributed by atoms with Gasteiger partial charge in [-0.3, -0.25) is 4.31 Å².